The SMILES string of the molecule is CCCCNC(=O)C(C#N)=Cc1cc(Br)c(OC)c(OCC)c1. The second-order valence-electron chi connectivity index (χ2n) is 4.75. The second kappa shape index (κ2) is 9.90. The molecule has 0 aliphatic rings. The summed E-state index contributed by atoms with van der Waals surface area (Å²) in [5.74, 6) is 0.764. The van der Waals surface area contributed by atoms with Crippen molar-refractivity contribution in [1.29, 1.82) is 5.26 Å². The van der Waals surface area contributed by atoms with Gasteiger partial charge in [0.05, 0.1) is 18.2 Å². The van der Waals surface area contributed by atoms with Crippen LogP contribution in [-0.4, -0.2) is 26.2 Å². The third-order valence-electron chi connectivity index (χ3n) is 3.03. The van der Waals surface area contributed by atoms with Gasteiger partial charge < -0.3 is 14.8 Å². The molecule has 0 aromatic heterocycles. The zero-order valence-electron chi connectivity index (χ0n) is 13.6. The Hall–Kier alpha value is -2.00. The van der Waals surface area contributed by atoms with Gasteiger partial charge in [-0.3, -0.25) is 4.79 Å². The number of rotatable bonds is 8. The van der Waals surface area contributed by atoms with Crippen LogP contribution in [0.15, 0.2) is 22.2 Å². The first-order valence-electron chi connectivity index (χ1n) is 7.47. The third-order valence-corrected chi connectivity index (χ3v) is 3.62. The summed E-state index contributed by atoms with van der Waals surface area (Å²) in [6, 6.07) is 5.45. The van der Waals surface area contributed by atoms with Gasteiger partial charge in [0.1, 0.15) is 11.6 Å². The topological polar surface area (TPSA) is 71.4 Å². The Balaban J connectivity index is 3.08. The number of carbonyl (C=O) groups is 1. The zero-order chi connectivity index (χ0) is 17.2. The zero-order valence-corrected chi connectivity index (χ0v) is 15.2. The lowest BCUT2D eigenvalue weighted by molar-refractivity contribution is -0.117. The highest BCUT2D eigenvalue weighted by Gasteiger charge is 2.13. The molecule has 124 valence electrons. The number of carbonyl (C=O) groups excluding carboxylic acids is 1. The van der Waals surface area contributed by atoms with E-state index in [0.717, 1.165) is 12.8 Å². The summed E-state index contributed by atoms with van der Waals surface area (Å²) in [7, 11) is 1.56. The molecular weight excluding hydrogens is 360 g/mol. The summed E-state index contributed by atoms with van der Waals surface area (Å²) in [5, 5.41) is 11.9. The van der Waals surface area contributed by atoms with E-state index in [1.807, 2.05) is 19.9 Å². The van der Waals surface area contributed by atoms with E-state index in [9.17, 15) is 10.1 Å². The van der Waals surface area contributed by atoms with Gasteiger partial charge in [-0.05, 0) is 53.0 Å². The van der Waals surface area contributed by atoms with E-state index in [-0.39, 0.29) is 11.5 Å². The van der Waals surface area contributed by atoms with Crippen LogP contribution in [-0.2, 0) is 4.79 Å². The van der Waals surface area contributed by atoms with Crippen LogP contribution in [0.4, 0.5) is 0 Å². The highest BCUT2D eigenvalue weighted by atomic mass is 79.9. The fourth-order valence-corrected chi connectivity index (χ4v) is 2.54. The molecule has 0 spiro atoms. The largest absolute Gasteiger partial charge is 0.492 e. The van der Waals surface area contributed by atoms with E-state index in [1.54, 1.807) is 19.2 Å². The Morgan fingerprint density at radius 2 is 2.17 bits per heavy atom. The van der Waals surface area contributed by atoms with E-state index in [4.69, 9.17) is 9.47 Å². The van der Waals surface area contributed by atoms with Crippen molar-refractivity contribution >= 4 is 27.9 Å². The molecular formula is C17H21BrN2O3. The number of nitriles is 1. The maximum absolute atomic E-state index is 12.0. The molecule has 0 aliphatic heterocycles. The number of nitrogens with zero attached hydrogens (tertiary/aromatic N) is 1. The van der Waals surface area contributed by atoms with Crippen molar-refractivity contribution in [1.82, 2.24) is 5.32 Å². The molecule has 0 saturated carbocycles. The standard InChI is InChI=1S/C17H21BrN2O3/c1-4-6-7-20-17(21)13(11-19)8-12-9-14(18)16(22-3)15(10-12)23-5-2/h8-10H,4-7H2,1-3H3,(H,20,21). The van der Waals surface area contributed by atoms with Gasteiger partial charge in [-0.25, -0.2) is 0 Å². The van der Waals surface area contributed by atoms with Crippen molar-refractivity contribution in [2.45, 2.75) is 26.7 Å². The quantitative estimate of drug-likeness (QED) is 0.424. The molecule has 0 atom stereocenters. The van der Waals surface area contributed by atoms with Gasteiger partial charge in [0.25, 0.3) is 5.91 Å². The van der Waals surface area contributed by atoms with E-state index in [0.29, 0.717) is 34.7 Å². The van der Waals surface area contributed by atoms with Crippen molar-refractivity contribution in [3.05, 3.63) is 27.7 Å². The number of halogens is 1. The van der Waals surface area contributed by atoms with Crippen LogP contribution in [0.3, 0.4) is 0 Å². The Bertz CT molecular complexity index is 621. The molecule has 0 aliphatic carbocycles. The number of ether oxygens (including phenoxy) is 2. The summed E-state index contributed by atoms with van der Waals surface area (Å²) in [4.78, 5) is 12.0. The maximum Gasteiger partial charge on any atom is 0.261 e. The summed E-state index contributed by atoms with van der Waals surface area (Å²) >= 11 is 3.41. The molecule has 5 nitrogen and oxygen atoms in total. The molecule has 23 heavy (non-hydrogen) atoms. The molecule has 0 fully saturated rings. The minimum absolute atomic E-state index is 0.0561. The third kappa shape index (κ3) is 5.61. The Morgan fingerprint density at radius 1 is 1.43 bits per heavy atom. The number of nitrogens with one attached hydrogen (secondary N) is 1. The number of amides is 1. The van der Waals surface area contributed by atoms with Gasteiger partial charge in [0.2, 0.25) is 0 Å². The minimum Gasteiger partial charge on any atom is -0.492 e. The van der Waals surface area contributed by atoms with Gasteiger partial charge in [0, 0.05) is 6.54 Å². The summed E-state index contributed by atoms with van der Waals surface area (Å²) in [6.45, 7) is 4.96. The molecule has 0 heterocycles. The molecule has 6 heteroatoms. The summed E-state index contributed by atoms with van der Waals surface area (Å²) in [6.07, 6.45) is 3.40. The monoisotopic (exact) mass is 380 g/mol. The molecule has 1 rings (SSSR count). The van der Waals surface area contributed by atoms with Crippen LogP contribution in [0.2, 0.25) is 0 Å². The molecule has 0 radical (unpaired) electrons. The molecule has 0 unspecified atom stereocenters. The second-order valence-corrected chi connectivity index (χ2v) is 5.60. The van der Waals surface area contributed by atoms with Crippen LogP contribution >= 0.6 is 15.9 Å². The predicted molar refractivity (Wildman–Crippen MR) is 93.4 cm³/mol. The maximum atomic E-state index is 12.0. The molecule has 1 aromatic carbocycles. The fraction of sp³-hybridized carbons (Fsp3) is 0.412. The fourth-order valence-electron chi connectivity index (χ4n) is 1.92. The van der Waals surface area contributed by atoms with Crippen molar-refractivity contribution in [2.75, 3.05) is 20.3 Å². The average molecular weight is 381 g/mol. The van der Waals surface area contributed by atoms with Crippen LogP contribution in [0, 0.1) is 11.3 Å². The lowest BCUT2D eigenvalue weighted by atomic mass is 10.1. The Morgan fingerprint density at radius 3 is 2.74 bits per heavy atom. The van der Waals surface area contributed by atoms with E-state index < -0.39 is 0 Å². The Kier molecular flexibility index (Phi) is 8.20. The van der Waals surface area contributed by atoms with Crippen molar-refractivity contribution in [3.63, 3.8) is 0 Å². The van der Waals surface area contributed by atoms with Crippen LogP contribution in [0.5, 0.6) is 11.5 Å². The smallest absolute Gasteiger partial charge is 0.261 e. The molecule has 1 amide bonds. The number of benzene rings is 1. The van der Waals surface area contributed by atoms with Crippen molar-refractivity contribution in [2.24, 2.45) is 0 Å². The average Bonchev–Trinajstić information content (AvgIpc) is 2.53. The van der Waals surface area contributed by atoms with Crippen LogP contribution < -0.4 is 14.8 Å². The molecule has 1 aromatic rings. The number of methoxy groups -OCH3 is 1. The van der Waals surface area contributed by atoms with Crippen molar-refractivity contribution < 1.29 is 14.3 Å². The summed E-state index contributed by atoms with van der Waals surface area (Å²) < 4.78 is 11.5. The Labute approximate surface area is 145 Å². The van der Waals surface area contributed by atoms with Gasteiger partial charge in [-0.15, -0.1) is 0 Å². The van der Waals surface area contributed by atoms with E-state index in [2.05, 4.69) is 21.2 Å². The normalized spacial score (nSPS) is 10.8. The first-order valence-corrected chi connectivity index (χ1v) is 8.26. The first kappa shape index (κ1) is 19.0. The lowest BCUT2D eigenvalue weighted by Crippen LogP contribution is -2.25. The van der Waals surface area contributed by atoms with Gasteiger partial charge in [0.15, 0.2) is 11.5 Å². The van der Waals surface area contributed by atoms with Gasteiger partial charge in [-0.2, -0.15) is 5.26 Å². The van der Waals surface area contributed by atoms with Gasteiger partial charge in [-0.1, -0.05) is 13.3 Å². The molecule has 0 saturated heterocycles. The first-order chi connectivity index (χ1) is 11.1. The van der Waals surface area contributed by atoms with Crippen LogP contribution in [0.25, 0.3) is 6.08 Å². The highest BCUT2D eigenvalue weighted by molar-refractivity contribution is 9.10. The molecule has 1 N–H and O–H groups in total. The summed E-state index contributed by atoms with van der Waals surface area (Å²) in [5.41, 5.74) is 0.740. The lowest BCUT2D eigenvalue weighted by Gasteiger charge is -2.12. The predicted octanol–water partition coefficient (Wildman–Crippen LogP) is 3.68. The van der Waals surface area contributed by atoms with E-state index in [1.165, 1.54) is 6.08 Å². The number of unbranched alkanes of at least 4 members (excludes halogenated alkanes) is 1. The van der Waals surface area contributed by atoms with Crippen molar-refractivity contribution in [3.8, 4) is 17.6 Å². The molecule has 0 bridgehead atoms. The van der Waals surface area contributed by atoms with Gasteiger partial charge >= 0.3 is 0 Å². The minimum atomic E-state index is -0.370. The number of hydrogen-bond donors (Lipinski definition) is 1. The number of hydrogen-bond acceptors (Lipinski definition) is 4. The van der Waals surface area contributed by atoms with Crippen LogP contribution in [0.1, 0.15) is 32.3 Å². The highest BCUT2D eigenvalue weighted by Crippen LogP contribution is 2.37. The van der Waals surface area contributed by atoms with E-state index >= 15 is 0 Å².